The smallest absolute Gasteiger partial charge is 0.345 e. The van der Waals surface area contributed by atoms with Gasteiger partial charge in [0.05, 0.1) is 6.21 Å². The highest BCUT2D eigenvalue weighted by molar-refractivity contribution is 6.01. The molecule has 3 aromatic rings. The summed E-state index contributed by atoms with van der Waals surface area (Å²) in [6.07, 6.45) is 1.58. The molecule has 0 fully saturated rings. The fourth-order valence-corrected chi connectivity index (χ4v) is 2.37. The Balaban J connectivity index is 1.81. The zero-order valence-electron chi connectivity index (χ0n) is 12.7. The van der Waals surface area contributed by atoms with E-state index in [0.717, 1.165) is 22.2 Å². The minimum atomic E-state index is -0.563. The number of aromatic nitrogens is 3. The van der Waals surface area contributed by atoms with Crippen LogP contribution in [0.3, 0.4) is 0 Å². The van der Waals surface area contributed by atoms with Crippen LogP contribution >= 0.6 is 0 Å². The van der Waals surface area contributed by atoms with Crippen LogP contribution < -0.4 is 11.1 Å². The van der Waals surface area contributed by atoms with Crippen molar-refractivity contribution >= 4 is 23.0 Å². The van der Waals surface area contributed by atoms with Crippen molar-refractivity contribution in [1.29, 1.82) is 0 Å². The van der Waals surface area contributed by atoms with Gasteiger partial charge in [-0.15, -0.1) is 0 Å². The first kappa shape index (κ1) is 14.7. The van der Waals surface area contributed by atoms with Crippen molar-refractivity contribution in [3.63, 3.8) is 0 Å². The molecule has 116 valence electrons. The van der Waals surface area contributed by atoms with Gasteiger partial charge < -0.3 is 9.97 Å². The minimum absolute atomic E-state index is 0.0269. The molecule has 0 spiro atoms. The van der Waals surface area contributed by atoms with E-state index in [1.807, 2.05) is 31.2 Å². The highest BCUT2D eigenvalue weighted by Crippen LogP contribution is 2.19. The summed E-state index contributed by atoms with van der Waals surface area (Å²) in [5.41, 5.74) is 5.27. The summed E-state index contributed by atoms with van der Waals surface area (Å²) < 4.78 is 0. The molecule has 2 heterocycles. The number of nitrogens with zero attached hydrogens (tertiary/aromatic N) is 2. The summed E-state index contributed by atoms with van der Waals surface area (Å²) in [4.78, 5) is 32.6. The van der Waals surface area contributed by atoms with E-state index < -0.39 is 11.6 Å². The van der Waals surface area contributed by atoms with Crippen molar-refractivity contribution in [2.45, 2.75) is 13.8 Å². The quantitative estimate of drug-likeness (QED) is 0.506. The fraction of sp³-hybridized carbons (Fsp3) is 0.125. The van der Waals surface area contributed by atoms with Gasteiger partial charge in [0.15, 0.2) is 0 Å². The lowest BCUT2D eigenvalue weighted by atomic mass is 10.1. The zero-order valence-corrected chi connectivity index (χ0v) is 12.7. The lowest BCUT2D eigenvalue weighted by molar-refractivity contribution is 0.0949. The van der Waals surface area contributed by atoms with Crippen LogP contribution in [0.2, 0.25) is 0 Å². The highest BCUT2D eigenvalue weighted by Gasteiger charge is 2.09. The number of aromatic amines is 2. The molecular formula is C16H15N5O2. The number of hydrogen-bond acceptors (Lipinski definition) is 4. The van der Waals surface area contributed by atoms with E-state index >= 15 is 0 Å². The molecule has 0 saturated carbocycles. The van der Waals surface area contributed by atoms with Crippen molar-refractivity contribution in [2.75, 3.05) is 0 Å². The Morgan fingerprint density at radius 1 is 1.26 bits per heavy atom. The predicted molar refractivity (Wildman–Crippen MR) is 87.7 cm³/mol. The maximum Gasteiger partial charge on any atom is 0.345 e. The Hall–Kier alpha value is -3.22. The molecule has 1 aromatic carbocycles. The Morgan fingerprint density at radius 3 is 2.83 bits per heavy atom. The van der Waals surface area contributed by atoms with Gasteiger partial charge in [-0.25, -0.2) is 10.2 Å². The molecule has 2 aromatic heterocycles. The van der Waals surface area contributed by atoms with Gasteiger partial charge in [-0.05, 0) is 26.0 Å². The van der Waals surface area contributed by atoms with Gasteiger partial charge in [-0.3, -0.25) is 4.79 Å². The van der Waals surface area contributed by atoms with E-state index in [1.54, 1.807) is 13.1 Å². The molecule has 0 aliphatic heterocycles. The maximum absolute atomic E-state index is 12.0. The number of nitrogens with one attached hydrogen (secondary N) is 3. The van der Waals surface area contributed by atoms with E-state index in [2.05, 4.69) is 25.5 Å². The number of aryl methyl sites for hydroxylation is 2. The van der Waals surface area contributed by atoms with E-state index in [9.17, 15) is 9.59 Å². The van der Waals surface area contributed by atoms with Crippen LogP contribution in [0, 0.1) is 13.8 Å². The van der Waals surface area contributed by atoms with Gasteiger partial charge in [0.1, 0.15) is 5.69 Å². The van der Waals surface area contributed by atoms with Crippen molar-refractivity contribution in [2.24, 2.45) is 5.10 Å². The first-order chi connectivity index (χ1) is 11.0. The number of para-hydroxylation sites is 1. The zero-order chi connectivity index (χ0) is 16.4. The monoisotopic (exact) mass is 309 g/mol. The number of benzene rings is 1. The largest absolute Gasteiger partial charge is 0.358 e. The van der Waals surface area contributed by atoms with Gasteiger partial charge in [0, 0.05) is 27.9 Å². The van der Waals surface area contributed by atoms with E-state index in [1.165, 1.54) is 6.07 Å². The molecule has 23 heavy (non-hydrogen) atoms. The summed E-state index contributed by atoms with van der Waals surface area (Å²) in [5, 5.41) is 4.99. The summed E-state index contributed by atoms with van der Waals surface area (Å²) in [7, 11) is 0. The van der Waals surface area contributed by atoms with Gasteiger partial charge in [-0.2, -0.15) is 10.1 Å². The number of carbonyl (C=O) groups is 1. The molecule has 0 unspecified atom stereocenters. The van der Waals surface area contributed by atoms with Crippen LogP contribution in [0.4, 0.5) is 0 Å². The summed E-state index contributed by atoms with van der Waals surface area (Å²) in [6, 6.07) is 9.32. The lowest BCUT2D eigenvalue weighted by Crippen LogP contribution is -2.24. The Bertz CT molecular complexity index is 968. The third kappa shape index (κ3) is 3.03. The first-order valence-corrected chi connectivity index (χ1v) is 7.03. The van der Waals surface area contributed by atoms with E-state index in [0.29, 0.717) is 5.69 Å². The molecule has 0 aliphatic carbocycles. The third-order valence-corrected chi connectivity index (χ3v) is 3.42. The molecule has 0 bridgehead atoms. The predicted octanol–water partition coefficient (Wildman–Crippen LogP) is 1.63. The normalized spacial score (nSPS) is 11.2. The molecule has 0 atom stereocenters. The number of H-pyrrole nitrogens is 2. The van der Waals surface area contributed by atoms with Crippen LogP contribution in [0.1, 0.15) is 27.4 Å². The molecular weight excluding hydrogens is 294 g/mol. The van der Waals surface area contributed by atoms with Crippen molar-refractivity contribution in [1.82, 2.24) is 20.4 Å². The van der Waals surface area contributed by atoms with Crippen LogP contribution in [0.25, 0.3) is 10.9 Å². The molecule has 7 heteroatoms. The van der Waals surface area contributed by atoms with Gasteiger partial charge in [0.2, 0.25) is 0 Å². The second kappa shape index (κ2) is 5.88. The third-order valence-electron chi connectivity index (χ3n) is 3.42. The second-order valence-corrected chi connectivity index (χ2v) is 5.16. The van der Waals surface area contributed by atoms with Crippen LogP contribution in [-0.4, -0.2) is 27.1 Å². The molecule has 0 aliphatic rings. The van der Waals surface area contributed by atoms with Crippen LogP contribution in [0.5, 0.6) is 0 Å². The number of hydrazone groups is 1. The summed E-state index contributed by atoms with van der Waals surface area (Å²) >= 11 is 0. The average Bonchev–Trinajstić information content (AvgIpc) is 2.82. The highest BCUT2D eigenvalue weighted by atomic mass is 16.2. The SMILES string of the molecule is Cc1cc(C(=O)N/N=C/c2c(C)[nH]c3ccccc23)nc(=O)[nH]1. The minimum Gasteiger partial charge on any atom is -0.358 e. The number of hydrogen-bond donors (Lipinski definition) is 3. The Kier molecular flexibility index (Phi) is 3.76. The number of fused-ring (bicyclic) bond motifs is 1. The number of carbonyl (C=O) groups excluding carboxylic acids is 1. The van der Waals surface area contributed by atoms with Crippen molar-refractivity contribution < 1.29 is 4.79 Å². The fourth-order valence-electron chi connectivity index (χ4n) is 2.37. The van der Waals surface area contributed by atoms with Crippen molar-refractivity contribution in [3.8, 4) is 0 Å². The van der Waals surface area contributed by atoms with Crippen LogP contribution in [-0.2, 0) is 0 Å². The Labute approximate surface area is 131 Å². The van der Waals surface area contributed by atoms with Gasteiger partial charge in [-0.1, -0.05) is 18.2 Å². The molecule has 3 rings (SSSR count). The molecule has 0 saturated heterocycles. The van der Waals surface area contributed by atoms with Crippen LogP contribution in [0.15, 0.2) is 40.2 Å². The molecule has 0 radical (unpaired) electrons. The standard InChI is InChI=1S/C16H15N5O2/c1-9-7-14(20-16(23)18-9)15(22)21-17-8-12-10(2)19-13-6-4-3-5-11(12)13/h3-8,19H,1-2H3,(H,21,22)(H,18,20,23)/b17-8+. The van der Waals surface area contributed by atoms with Gasteiger partial charge in [0.25, 0.3) is 5.91 Å². The molecule has 7 nitrogen and oxygen atoms in total. The average molecular weight is 309 g/mol. The topological polar surface area (TPSA) is 103 Å². The van der Waals surface area contributed by atoms with E-state index in [-0.39, 0.29) is 5.69 Å². The molecule has 1 amide bonds. The lowest BCUT2D eigenvalue weighted by Gasteiger charge is -1.99. The van der Waals surface area contributed by atoms with E-state index in [4.69, 9.17) is 0 Å². The summed E-state index contributed by atoms with van der Waals surface area (Å²) in [6.45, 7) is 3.61. The number of rotatable bonds is 3. The number of amides is 1. The first-order valence-electron chi connectivity index (χ1n) is 7.03. The second-order valence-electron chi connectivity index (χ2n) is 5.16. The van der Waals surface area contributed by atoms with Crippen molar-refractivity contribution in [3.05, 3.63) is 63.5 Å². The van der Waals surface area contributed by atoms with Gasteiger partial charge >= 0.3 is 5.69 Å². The summed E-state index contributed by atoms with van der Waals surface area (Å²) in [5.74, 6) is -0.534. The molecule has 3 N–H and O–H groups in total. The maximum atomic E-state index is 12.0. The Morgan fingerprint density at radius 2 is 2.04 bits per heavy atom.